The highest BCUT2D eigenvalue weighted by Crippen LogP contribution is 2.32. The van der Waals surface area contributed by atoms with Crippen molar-refractivity contribution in [3.05, 3.63) is 60.7 Å². The summed E-state index contributed by atoms with van der Waals surface area (Å²) in [5, 5.41) is 1.99. The molecule has 80 valence electrons. The number of carbonyl (C=O) groups excluding carboxylic acids is 1. The van der Waals surface area contributed by atoms with Gasteiger partial charge in [0.25, 0.3) is 0 Å². The first kappa shape index (κ1) is 10.8. The molecule has 2 aromatic rings. The van der Waals surface area contributed by atoms with Crippen LogP contribution in [-0.2, 0) is 0 Å². The molecule has 3 heteroatoms. The van der Waals surface area contributed by atoms with Crippen molar-refractivity contribution in [2.24, 2.45) is 5.73 Å². The van der Waals surface area contributed by atoms with Gasteiger partial charge in [-0.25, -0.2) is 0 Å². The Morgan fingerprint density at radius 2 is 1.19 bits per heavy atom. The summed E-state index contributed by atoms with van der Waals surface area (Å²) in [5.41, 5.74) is 5.23. The minimum Gasteiger partial charge on any atom is -0.366 e. The highest BCUT2D eigenvalue weighted by atomic mass is 31.1. The molecule has 2 N–H and O–H groups in total. The Morgan fingerprint density at radius 3 is 1.50 bits per heavy atom. The van der Waals surface area contributed by atoms with Crippen molar-refractivity contribution >= 4 is 24.2 Å². The number of amides is 1. The smallest absolute Gasteiger partial charge is 0.247 e. The van der Waals surface area contributed by atoms with Gasteiger partial charge < -0.3 is 5.73 Å². The Morgan fingerprint density at radius 1 is 0.812 bits per heavy atom. The van der Waals surface area contributed by atoms with Crippen LogP contribution in [-0.4, -0.2) is 5.65 Å². The summed E-state index contributed by atoms with van der Waals surface area (Å²) < 4.78 is 0. The van der Waals surface area contributed by atoms with Crippen LogP contribution >= 0.6 is 7.92 Å². The molecule has 0 aliphatic heterocycles. The minimum atomic E-state index is -1.07. The minimum absolute atomic E-state index is 0.257. The topological polar surface area (TPSA) is 43.1 Å². The second-order valence-electron chi connectivity index (χ2n) is 3.34. The lowest BCUT2D eigenvalue weighted by Gasteiger charge is -2.13. The van der Waals surface area contributed by atoms with Crippen LogP contribution in [0.15, 0.2) is 60.7 Å². The monoisotopic (exact) mass is 229 g/mol. The molecular weight excluding hydrogens is 217 g/mol. The van der Waals surface area contributed by atoms with Crippen LogP contribution in [0.5, 0.6) is 0 Å². The zero-order valence-electron chi connectivity index (χ0n) is 8.71. The molecule has 16 heavy (non-hydrogen) atoms. The average molecular weight is 229 g/mol. The molecule has 0 saturated carbocycles. The standard InChI is InChI=1S/C13H12NOP/c14-13(15)16(11-7-3-1-4-8-11)12-9-5-2-6-10-12/h1-10H,(H2,14,15). The summed E-state index contributed by atoms with van der Waals surface area (Å²) in [7, 11) is -1.07. The van der Waals surface area contributed by atoms with E-state index in [4.69, 9.17) is 5.73 Å². The third kappa shape index (κ3) is 2.29. The predicted molar refractivity (Wildman–Crippen MR) is 68.7 cm³/mol. The van der Waals surface area contributed by atoms with Crippen LogP contribution in [0.4, 0.5) is 4.79 Å². The van der Waals surface area contributed by atoms with Crippen molar-refractivity contribution < 1.29 is 4.79 Å². The van der Waals surface area contributed by atoms with Gasteiger partial charge in [0.1, 0.15) is 0 Å². The highest BCUT2D eigenvalue weighted by molar-refractivity contribution is 7.87. The van der Waals surface area contributed by atoms with E-state index in [-0.39, 0.29) is 5.65 Å². The molecule has 2 rings (SSSR count). The molecule has 0 heterocycles. The van der Waals surface area contributed by atoms with E-state index in [2.05, 4.69) is 0 Å². The molecule has 2 nitrogen and oxygen atoms in total. The number of hydrogen-bond donors (Lipinski definition) is 1. The molecule has 0 spiro atoms. The number of carbonyl (C=O) groups is 1. The molecule has 0 unspecified atom stereocenters. The third-order valence-electron chi connectivity index (χ3n) is 2.25. The fourth-order valence-corrected chi connectivity index (χ4v) is 3.31. The van der Waals surface area contributed by atoms with Crippen molar-refractivity contribution in [1.82, 2.24) is 0 Å². The van der Waals surface area contributed by atoms with E-state index in [0.29, 0.717) is 0 Å². The van der Waals surface area contributed by atoms with E-state index in [9.17, 15) is 4.79 Å². The van der Waals surface area contributed by atoms with Gasteiger partial charge in [0, 0.05) is 7.92 Å². The van der Waals surface area contributed by atoms with Gasteiger partial charge in [0.05, 0.1) is 0 Å². The fraction of sp³-hybridized carbons (Fsp3) is 0. The molecule has 0 bridgehead atoms. The molecule has 0 aliphatic carbocycles. The lowest BCUT2D eigenvalue weighted by atomic mass is 10.4. The lowest BCUT2D eigenvalue weighted by molar-refractivity contribution is 0.266. The van der Waals surface area contributed by atoms with Crippen LogP contribution in [0, 0.1) is 0 Å². The predicted octanol–water partition coefficient (Wildman–Crippen LogP) is 2.20. The molecule has 0 saturated heterocycles. The van der Waals surface area contributed by atoms with E-state index in [1.807, 2.05) is 60.7 Å². The van der Waals surface area contributed by atoms with Gasteiger partial charge in [0.15, 0.2) is 0 Å². The van der Waals surface area contributed by atoms with E-state index in [1.165, 1.54) is 0 Å². The first-order valence-corrected chi connectivity index (χ1v) is 6.33. The van der Waals surface area contributed by atoms with Gasteiger partial charge in [-0.1, -0.05) is 60.7 Å². The molecule has 0 radical (unpaired) electrons. The zero-order valence-corrected chi connectivity index (χ0v) is 9.60. The van der Waals surface area contributed by atoms with Gasteiger partial charge in [-0.15, -0.1) is 0 Å². The van der Waals surface area contributed by atoms with Crippen molar-refractivity contribution in [2.45, 2.75) is 0 Å². The quantitative estimate of drug-likeness (QED) is 0.805. The first-order chi connectivity index (χ1) is 7.79. The Balaban J connectivity index is 2.44. The van der Waals surface area contributed by atoms with E-state index < -0.39 is 7.92 Å². The van der Waals surface area contributed by atoms with Crippen LogP contribution in [0.3, 0.4) is 0 Å². The summed E-state index contributed by atoms with van der Waals surface area (Å²) in [4.78, 5) is 11.6. The second kappa shape index (κ2) is 4.91. The van der Waals surface area contributed by atoms with Crippen molar-refractivity contribution in [3.63, 3.8) is 0 Å². The largest absolute Gasteiger partial charge is 0.366 e. The third-order valence-corrected chi connectivity index (χ3v) is 4.32. The fourth-order valence-electron chi connectivity index (χ4n) is 1.56. The molecular formula is C13H12NOP. The van der Waals surface area contributed by atoms with Crippen molar-refractivity contribution in [2.75, 3.05) is 0 Å². The van der Waals surface area contributed by atoms with Gasteiger partial charge >= 0.3 is 0 Å². The second-order valence-corrected chi connectivity index (χ2v) is 5.49. The van der Waals surface area contributed by atoms with Gasteiger partial charge in [0.2, 0.25) is 5.65 Å². The Bertz CT molecular complexity index is 430. The van der Waals surface area contributed by atoms with E-state index in [1.54, 1.807) is 0 Å². The van der Waals surface area contributed by atoms with Crippen LogP contribution in [0.25, 0.3) is 0 Å². The Kier molecular flexibility index (Phi) is 3.33. The normalized spacial score (nSPS) is 10.3. The summed E-state index contributed by atoms with van der Waals surface area (Å²) in [6, 6.07) is 19.4. The summed E-state index contributed by atoms with van der Waals surface area (Å²) >= 11 is 0. The number of rotatable bonds is 3. The number of benzene rings is 2. The zero-order chi connectivity index (χ0) is 11.4. The average Bonchev–Trinajstić information content (AvgIpc) is 2.31. The lowest BCUT2D eigenvalue weighted by Crippen LogP contribution is -2.21. The summed E-state index contributed by atoms with van der Waals surface area (Å²) in [6.07, 6.45) is 0. The molecule has 1 amide bonds. The SMILES string of the molecule is NC(=O)P(c1ccccc1)c1ccccc1. The maximum Gasteiger partial charge on any atom is 0.247 e. The Labute approximate surface area is 95.9 Å². The highest BCUT2D eigenvalue weighted by Gasteiger charge is 2.18. The van der Waals surface area contributed by atoms with Crippen LogP contribution in [0.2, 0.25) is 0 Å². The van der Waals surface area contributed by atoms with Crippen molar-refractivity contribution in [3.8, 4) is 0 Å². The van der Waals surface area contributed by atoms with Crippen molar-refractivity contribution in [1.29, 1.82) is 0 Å². The molecule has 0 atom stereocenters. The molecule has 0 fully saturated rings. The molecule has 0 aliphatic rings. The summed E-state index contributed by atoms with van der Waals surface area (Å²) in [5.74, 6) is 0. The Hall–Kier alpha value is -1.66. The maximum absolute atomic E-state index is 11.6. The summed E-state index contributed by atoms with van der Waals surface area (Å²) in [6.45, 7) is 0. The van der Waals surface area contributed by atoms with Crippen LogP contribution < -0.4 is 16.3 Å². The molecule has 0 aromatic heterocycles. The van der Waals surface area contributed by atoms with E-state index >= 15 is 0 Å². The molecule has 2 aromatic carbocycles. The number of hydrogen-bond acceptors (Lipinski definition) is 1. The van der Waals surface area contributed by atoms with Gasteiger partial charge in [-0.2, -0.15) is 0 Å². The van der Waals surface area contributed by atoms with Gasteiger partial charge in [-0.3, -0.25) is 4.79 Å². The van der Waals surface area contributed by atoms with E-state index in [0.717, 1.165) is 10.6 Å². The first-order valence-electron chi connectivity index (χ1n) is 4.98. The van der Waals surface area contributed by atoms with Crippen LogP contribution in [0.1, 0.15) is 0 Å². The number of primary amides is 1. The maximum atomic E-state index is 11.6. The number of nitrogens with two attached hydrogens (primary N) is 1. The van der Waals surface area contributed by atoms with Gasteiger partial charge in [-0.05, 0) is 10.6 Å².